The number of aryl methyl sites for hydroxylation is 1. The fraction of sp³-hybridized carbons (Fsp3) is 0.261. The molecule has 7 nitrogen and oxygen atoms in total. The molecular formula is C23H24N4O3. The average molecular weight is 404 g/mol. The van der Waals surface area contributed by atoms with Gasteiger partial charge in [-0.05, 0) is 55.3 Å². The summed E-state index contributed by atoms with van der Waals surface area (Å²) in [5.41, 5.74) is 2.30. The van der Waals surface area contributed by atoms with E-state index in [1.165, 1.54) is 0 Å². The molecule has 4 rings (SSSR count). The smallest absolute Gasteiger partial charge is 0.271 e. The van der Waals surface area contributed by atoms with Crippen LogP contribution in [0, 0.1) is 6.92 Å². The molecular weight excluding hydrogens is 380 g/mol. The molecule has 2 aromatic carbocycles. The van der Waals surface area contributed by atoms with E-state index in [9.17, 15) is 4.79 Å². The minimum absolute atomic E-state index is 0.232. The molecule has 30 heavy (non-hydrogen) atoms. The summed E-state index contributed by atoms with van der Waals surface area (Å²) >= 11 is 0. The van der Waals surface area contributed by atoms with Gasteiger partial charge in [0.25, 0.3) is 5.91 Å². The first kappa shape index (κ1) is 19.7. The van der Waals surface area contributed by atoms with Crippen molar-refractivity contribution in [3.05, 3.63) is 77.9 Å². The van der Waals surface area contributed by atoms with E-state index in [1.54, 1.807) is 20.2 Å². The predicted molar refractivity (Wildman–Crippen MR) is 115 cm³/mol. The molecule has 154 valence electrons. The Morgan fingerprint density at radius 3 is 2.70 bits per heavy atom. The van der Waals surface area contributed by atoms with E-state index in [0.29, 0.717) is 13.0 Å². The van der Waals surface area contributed by atoms with Gasteiger partial charge < -0.3 is 19.5 Å². The largest absolute Gasteiger partial charge is 0.497 e. The van der Waals surface area contributed by atoms with Crippen molar-refractivity contribution < 1.29 is 14.4 Å². The van der Waals surface area contributed by atoms with Crippen LogP contribution in [0.1, 0.15) is 30.3 Å². The molecule has 0 fully saturated rings. The van der Waals surface area contributed by atoms with Crippen molar-refractivity contribution in [3.8, 4) is 5.75 Å². The van der Waals surface area contributed by atoms with Gasteiger partial charge in [0, 0.05) is 24.5 Å². The summed E-state index contributed by atoms with van der Waals surface area (Å²) in [7, 11) is 1.62. The molecule has 0 spiro atoms. The van der Waals surface area contributed by atoms with Crippen molar-refractivity contribution >= 4 is 17.3 Å². The number of nitrogens with one attached hydrogen (secondary N) is 1. The lowest BCUT2D eigenvalue weighted by molar-refractivity contribution is -0.135. The second-order valence-corrected chi connectivity index (χ2v) is 7.48. The quantitative estimate of drug-likeness (QED) is 0.678. The Labute approximate surface area is 175 Å². The number of hydrogen-bond donors (Lipinski definition) is 1. The van der Waals surface area contributed by atoms with Crippen LogP contribution >= 0.6 is 0 Å². The van der Waals surface area contributed by atoms with Gasteiger partial charge in [-0.1, -0.05) is 23.4 Å². The van der Waals surface area contributed by atoms with Crippen molar-refractivity contribution in [2.24, 2.45) is 5.16 Å². The molecule has 0 saturated heterocycles. The zero-order chi connectivity index (χ0) is 21.1. The first-order valence-electron chi connectivity index (χ1n) is 9.75. The van der Waals surface area contributed by atoms with Crippen LogP contribution in [0.25, 0.3) is 0 Å². The molecule has 7 heteroatoms. The van der Waals surface area contributed by atoms with Gasteiger partial charge in [-0.25, -0.2) is 4.98 Å². The summed E-state index contributed by atoms with van der Waals surface area (Å²) in [6.45, 7) is 4.32. The van der Waals surface area contributed by atoms with Crippen LogP contribution in [-0.2, 0) is 16.2 Å². The second-order valence-electron chi connectivity index (χ2n) is 7.48. The fourth-order valence-corrected chi connectivity index (χ4v) is 3.39. The Morgan fingerprint density at radius 2 is 2.00 bits per heavy atom. The molecule has 1 amide bonds. The highest BCUT2D eigenvalue weighted by Gasteiger charge is 2.42. The van der Waals surface area contributed by atoms with E-state index in [2.05, 4.69) is 15.5 Å². The van der Waals surface area contributed by atoms with E-state index < -0.39 is 5.60 Å². The molecule has 1 aliphatic heterocycles. The van der Waals surface area contributed by atoms with Gasteiger partial charge in [0.15, 0.2) is 0 Å². The third-order valence-electron chi connectivity index (χ3n) is 5.30. The highest BCUT2D eigenvalue weighted by molar-refractivity contribution is 6.08. The van der Waals surface area contributed by atoms with Gasteiger partial charge in [-0.15, -0.1) is 0 Å². The summed E-state index contributed by atoms with van der Waals surface area (Å²) in [4.78, 5) is 22.9. The highest BCUT2D eigenvalue weighted by atomic mass is 16.7. The molecule has 1 N–H and O–H groups in total. The molecule has 3 aromatic rings. The van der Waals surface area contributed by atoms with Crippen molar-refractivity contribution in [2.75, 3.05) is 12.4 Å². The van der Waals surface area contributed by atoms with E-state index in [-0.39, 0.29) is 5.91 Å². The number of carbonyl (C=O) groups is 1. The van der Waals surface area contributed by atoms with E-state index >= 15 is 0 Å². The number of nitrogens with zero attached hydrogens (tertiary/aromatic N) is 3. The van der Waals surface area contributed by atoms with E-state index in [1.807, 2.05) is 66.2 Å². The second kappa shape index (κ2) is 8.02. The summed E-state index contributed by atoms with van der Waals surface area (Å²) in [5.74, 6) is 1.45. The lowest BCUT2D eigenvalue weighted by Gasteiger charge is -2.21. The third kappa shape index (κ3) is 3.91. The lowest BCUT2D eigenvalue weighted by atomic mass is 9.95. The van der Waals surface area contributed by atoms with E-state index in [0.717, 1.165) is 34.1 Å². The number of oxime groups is 1. The van der Waals surface area contributed by atoms with Gasteiger partial charge in [-0.2, -0.15) is 0 Å². The first-order valence-corrected chi connectivity index (χ1v) is 9.75. The van der Waals surface area contributed by atoms with Gasteiger partial charge >= 0.3 is 0 Å². The van der Waals surface area contributed by atoms with Crippen LogP contribution in [-0.4, -0.2) is 33.9 Å². The minimum atomic E-state index is -1.08. The number of benzene rings is 2. The average Bonchev–Trinajstić information content (AvgIpc) is 3.36. The molecule has 2 heterocycles. The highest BCUT2D eigenvalue weighted by Crippen LogP contribution is 2.29. The number of carbonyl (C=O) groups excluding carboxylic acids is 1. The molecule has 1 aromatic heterocycles. The SMILES string of the molecule is COc1ccc(C2=NO[C@@](C)(C(=O)Nc3ccccc3Cn3ccnc3C)C2)cc1. The molecule has 1 aliphatic rings. The Kier molecular flexibility index (Phi) is 5.27. The minimum Gasteiger partial charge on any atom is -0.497 e. The van der Waals surface area contributed by atoms with Crippen LogP contribution in [0.2, 0.25) is 0 Å². The molecule has 0 bridgehead atoms. The number of aromatic nitrogens is 2. The van der Waals surface area contributed by atoms with Crippen molar-refractivity contribution in [1.82, 2.24) is 9.55 Å². The van der Waals surface area contributed by atoms with Crippen LogP contribution in [0.4, 0.5) is 5.69 Å². The van der Waals surface area contributed by atoms with Gasteiger partial charge in [0.1, 0.15) is 11.6 Å². The lowest BCUT2D eigenvalue weighted by Crippen LogP contribution is -2.40. The van der Waals surface area contributed by atoms with E-state index in [4.69, 9.17) is 9.57 Å². The topological polar surface area (TPSA) is 77.7 Å². The molecule has 0 saturated carbocycles. The van der Waals surface area contributed by atoms with Crippen molar-refractivity contribution in [2.45, 2.75) is 32.4 Å². The number of anilines is 1. The predicted octanol–water partition coefficient (Wildman–Crippen LogP) is 3.77. The zero-order valence-corrected chi connectivity index (χ0v) is 17.3. The zero-order valence-electron chi connectivity index (χ0n) is 17.3. The Morgan fingerprint density at radius 1 is 1.23 bits per heavy atom. The monoisotopic (exact) mass is 404 g/mol. The summed E-state index contributed by atoms with van der Waals surface area (Å²) < 4.78 is 7.22. The summed E-state index contributed by atoms with van der Waals surface area (Å²) in [5, 5.41) is 7.20. The maximum absolute atomic E-state index is 13.1. The third-order valence-corrected chi connectivity index (χ3v) is 5.30. The Balaban J connectivity index is 1.47. The standard InChI is InChI=1S/C23H24N4O3/c1-16-24-12-13-27(16)15-18-6-4-5-7-20(18)25-22(28)23(2)14-21(26-30-23)17-8-10-19(29-3)11-9-17/h4-13H,14-15H2,1-3H3,(H,25,28)/t23-/m1/s1. The van der Waals surface area contributed by atoms with Crippen LogP contribution < -0.4 is 10.1 Å². The Bertz CT molecular complexity index is 1090. The van der Waals surface area contributed by atoms with Gasteiger partial charge in [0.2, 0.25) is 5.60 Å². The van der Waals surface area contributed by atoms with Crippen molar-refractivity contribution in [1.29, 1.82) is 0 Å². The number of amides is 1. The van der Waals surface area contributed by atoms with Gasteiger partial charge in [0.05, 0.1) is 19.4 Å². The first-order chi connectivity index (χ1) is 14.5. The maximum atomic E-state index is 13.1. The maximum Gasteiger partial charge on any atom is 0.271 e. The fourth-order valence-electron chi connectivity index (χ4n) is 3.39. The summed E-state index contributed by atoms with van der Waals surface area (Å²) in [6.07, 6.45) is 4.07. The Hall–Kier alpha value is -3.61. The molecule has 1 atom stereocenters. The molecule has 0 unspecified atom stereocenters. The number of rotatable bonds is 6. The number of ether oxygens (including phenoxy) is 1. The summed E-state index contributed by atoms with van der Waals surface area (Å²) in [6, 6.07) is 15.3. The number of para-hydroxylation sites is 1. The number of imidazole rings is 1. The van der Waals surface area contributed by atoms with Gasteiger partial charge in [-0.3, -0.25) is 4.79 Å². The molecule has 0 aliphatic carbocycles. The number of hydrogen-bond acceptors (Lipinski definition) is 5. The molecule has 0 radical (unpaired) electrons. The normalized spacial score (nSPS) is 17.9. The van der Waals surface area contributed by atoms with Crippen LogP contribution in [0.3, 0.4) is 0 Å². The van der Waals surface area contributed by atoms with Crippen LogP contribution in [0.5, 0.6) is 5.75 Å². The van der Waals surface area contributed by atoms with Crippen LogP contribution in [0.15, 0.2) is 66.1 Å². The van der Waals surface area contributed by atoms with Crippen molar-refractivity contribution in [3.63, 3.8) is 0 Å². The number of methoxy groups -OCH3 is 1.